The molecule has 46 valence electrons. The van der Waals surface area contributed by atoms with E-state index in [1.165, 1.54) is 0 Å². The summed E-state index contributed by atoms with van der Waals surface area (Å²) in [6.07, 6.45) is 0. The zero-order chi connectivity index (χ0) is 5.98. The van der Waals surface area contributed by atoms with Crippen LogP contribution >= 0.6 is 0 Å². The third kappa shape index (κ3) is 1.18. The van der Waals surface area contributed by atoms with Gasteiger partial charge in [0.25, 0.3) is 0 Å². The summed E-state index contributed by atoms with van der Waals surface area (Å²) < 4.78 is 0. The van der Waals surface area contributed by atoms with Crippen LogP contribution in [-0.4, -0.2) is 23.9 Å². The van der Waals surface area contributed by atoms with Crippen molar-refractivity contribution >= 4 is 5.71 Å². The Morgan fingerprint density at radius 3 is 3.00 bits per heavy atom. The number of hydrazine groups is 1. The van der Waals surface area contributed by atoms with E-state index in [0.29, 0.717) is 6.67 Å². The lowest BCUT2D eigenvalue weighted by molar-refractivity contribution is 0.283. The van der Waals surface area contributed by atoms with Crippen molar-refractivity contribution in [3.63, 3.8) is 0 Å². The van der Waals surface area contributed by atoms with E-state index < -0.39 is 0 Å². The Bertz CT molecular complexity index is 109. The van der Waals surface area contributed by atoms with Gasteiger partial charge in [-0.25, -0.2) is 5.01 Å². The second-order valence-corrected chi connectivity index (χ2v) is 1.91. The largest absolute Gasteiger partial charge is 0.294 e. The van der Waals surface area contributed by atoms with Gasteiger partial charge in [0.2, 0.25) is 0 Å². The van der Waals surface area contributed by atoms with Crippen LogP contribution in [0.25, 0.3) is 0 Å². The molecule has 0 aromatic rings. The highest BCUT2D eigenvalue weighted by molar-refractivity contribution is 5.83. The molecule has 0 saturated carbocycles. The first-order valence-electron chi connectivity index (χ1n) is 2.54. The summed E-state index contributed by atoms with van der Waals surface area (Å²) in [5.41, 5.74) is 3.80. The molecule has 1 aliphatic heterocycles. The minimum atomic E-state index is 0.650. The molecule has 0 atom stereocenters. The molecular weight excluding hydrogens is 104 g/mol. The van der Waals surface area contributed by atoms with Crippen molar-refractivity contribution in [3.05, 3.63) is 0 Å². The maximum atomic E-state index is 5.42. The van der Waals surface area contributed by atoms with E-state index in [9.17, 15) is 0 Å². The standard InChI is InChI=1S/C4H10N4/c1-4-2-8(5)3-6-7-4/h6H,2-3,5H2,1H3. The van der Waals surface area contributed by atoms with Crippen molar-refractivity contribution in [1.82, 2.24) is 10.4 Å². The zero-order valence-corrected chi connectivity index (χ0v) is 4.89. The molecule has 0 aliphatic carbocycles. The number of nitrogens with zero attached hydrogens (tertiary/aromatic N) is 2. The van der Waals surface area contributed by atoms with Gasteiger partial charge < -0.3 is 0 Å². The first-order valence-corrected chi connectivity index (χ1v) is 2.54. The maximum Gasteiger partial charge on any atom is 0.0980 e. The summed E-state index contributed by atoms with van der Waals surface area (Å²) in [6, 6.07) is 0. The first kappa shape index (κ1) is 5.53. The summed E-state index contributed by atoms with van der Waals surface area (Å²) in [5.74, 6) is 5.42. The Hall–Kier alpha value is -0.610. The molecule has 8 heavy (non-hydrogen) atoms. The normalized spacial score (nSPS) is 22.0. The average Bonchev–Trinajstić information content (AvgIpc) is 1.64. The van der Waals surface area contributed by atoms with Crippen LogP contribution in [0.15, 0.2) is 5.10 Å². The fourth-order valence-electron chi connectivity index (χ4n) is 0.646. The highest BCUT2D eigenvalue weighted by atomic mass is 15.5. The van der Waals surface area contributed by atoms with Crippen LogP contribution in [0.4, 0.5) is 0 Å². The predicted molar refractivity (Wildman–Crippen MR) is 32.0 cm³/mol. The topological polar surface area (TPSA) is 53.7 Å². The Morgan fingerprint density at radius 1 is 1.88 bits per heavy atom. The summed E-state index contributed by atoms with van der Waals surface area (Å²) in [6.45, 7) is 3.36. The van der Waals surface area contributed by atoms with E-state index in [4.69, 9.17) is 5.84 Å². The lowest BCUT2D eigenvalue weighted by Crippen LogP contribution is -2.44. The van der Waals surface area contributed by atoms with Gasteiger partial charge in [0.1, 0.15) is 0 Å². The van der Waals surface area contributed by atoms with E-state index >= 15 is 0 Å². The molecule has 0 fully saturated rings. The molecular formula is C4H10N4. The third-order valence-electron chi connectivity index (χ3n) is 0.976. The van der Waals surface area contributed by atoms with Crippen LogP contribution in [0.2, 0.25) is 0 Å². The Balaban J connectivity index is 2.45. The lowest BCUT2D eigenvalue weighted by atomic mass is 10.4. The van der Waals surface area contributed by atoms with Crippen molar-refractivity contribution in [3.8, 4) is 0 Å². The molecule has 4 nitrogen and oxygen atoms in total. The SMILES string of the molecule is CC1=NNCN(N)C1. The van der Waals surface area contributed by atoms with Crippen LogP contribution < -0.4 is 11.3 Å². The van der Waals surface area contributed by atoms with Gasteiger partial charge in [0, 0.05) is 0 Å². The van der Waals surface area contributed by atoms with Gasteiger partial charge in [0.15, 0.2) is 0 Å². The number of hydrogen-bond donors (Lipinski definition) is 2. The van der Waals surface area contributed by atoms with Crippen LogP contribution in [-0.2, 0) is 0 Å². The Labute approximate surface area is 48.3 Å². The Kier molecular flexibility index (Phi) is 1.45. The molecule has 1 aliphatic rings. The molecule has 0 unspecified atom stereocenters. The van der Waals surface area contributed by atoms with E-state index in [1.54, 1.807) is 5.01 Å². The molecule has 0 spiro atoms. The average molecular weight is 114 g/mol. The lowest BCUT2D eigenvalue weighted by Gasteiger charge is -2.19. The van der Waals surface area contributed by atoms with Crippen molar-refractivity contribution in [1.29, 1.82) is 0 Å². The summed E-state index contributed by atoms with van der Waals surface area (Å²) >= 11 is 0. The molecule has 0 aromatic heterocycles. The number of hydrogen-bond acceptors (Lipinski definition) is 4. The van der Waals surface area contributed by atoms with Crippen LogP contribution in [0.5, 0.6) is 0 Å². The highest BCUT2D eigenvalue weighted by Crippen LogP contribution is 1.84. The quantitative estimate of drug-likeness (QED) is 0.401. The van der Waals surface area contributed by atoms with E-state index in [2.05, 4.69) is 10.5 Å². The summed E-state index contributed by atoms with van der Waals surface area (Å²) in [7, 11) is 0. The fourth-order valence-corrected chi connectivity index (χ4v) is 0.646. The smallest absolute Gasteiger partial charge is 0.0980 e. The predicted octanol–water partition coefficient (Wildman–Crippen LogP) is -0.901. The van der Waals surface area contributed by atoms with Crippen LogP contribution in [0.1, 0.15) is 6.92 Å². The monoisotopic (exact) mass is 114 g/mol. The van der Waals surface area contributed by atoms with Crippen molar-refractivity contribution < 1.29 is 0 Å². The van der Waals surface area contributed by atoms with Crippen LogP contribution in [0, 0.1) is 0 Å². The number of nitrogens with two attached hydrogens (primary N) is 1. The molecule has 0 saturated heterocycles. The molecule has 0 aromatic carbocycles. The molecule has 0 bridgehead atoms. The van der Waals surface area contributed by atoms with Gasteiger partial charge in [-0.3, -0.25) is 11.3 Å². The molecule has 0 amide bonds. The van der Waals surface area contributed by atoms with E-state index in [0.717, 1.165) is 12.3 Å². The zero-order valence-electron chi connectivity index (χ0n) is 4.89. The van der Waals surface area contributed by atoms with E-state index in [1.807, 2.05) is 6.92 Å². The number of nitrogens with one attached hydrogen (secondary N) is 1. The van der Waals surface area contributed by atoms with Gasteiger partial charge in [-0.15, -0.1) is 0 Å². The second kappa shape index (κ2) is 2.11. The minimum Gasteiger partial charge on any atom is -0.294 e. The third-order valence-corrected chi connectivity index (χ3v) is 0.976. The van der Waals surface area contributed by atoms with Gasteiger partial charge >= 0.3 is 0 Å². The summed E-state index contributed by atoms with van der Waals surface area (Å²) in [4.78, 5) is 0. The highest BCUT2D eigenvalue weighted by Gasteiger charge is 2.03. The fraction of sp³-hybridized carbons (Fsp3) is 0.750. The van der Waals surface area contributed by atoms with Crippen molar-refractivity contribution in [2.75, 3.05) is 13.2 Å². The molecule has 4 heteroatoms. The van der Waals surface area contributed by atoms with Crippen molar-refractivity contribution in [2.45, 2.75) is 6.92 Å². The number of rotatable bonds is 0. The number of hydrazone groups is 1. The van der Waals surface area contributed by atoms with E-state index in [-0.39, 0.29) is 0 Å². The minimum absolute atomic E-state index is 0.650. The molecule has 1 rings (SSSR count). The molecule has 0 radical (unpaired) electrons. The maximum absolute atomic E-state index is 5.42. The first-order chi connectivity index (χ1) is 3.79. The summed E-state index contributed by atoms with van der Waals surface area (Å²) in [5, 5.41) is 5.59. The molecule has 1 heterocycles. The molecule has 3 N–H and O–H groups in total. The Morgan fingerprint density at radius 2 is 2.62 bits per heavy atom. The van der Waals surface area contributed by atoms with Crippen molar-refractivity contribution in [2.24, 2.45) is 10.9 Å². The van der Waals surface area contributed by atoms with Gasteiger partial charge in [-0.1, -0.05) is 0 Å². The second-order valence-electron chi connectivity index (χ2n) is 1.91. The van der Waals surface area contributed by atoms with Gasteiger partial charge in [0.05, 0.1) is 18.9 Å². The van der Waals surface area contributed by atoms with Gasteiger partial charge in [-0.05, 0) is 6.92 Å². The van der Waals surface area contributed by atoms with Crippen LogP contribution in [0.3, 0.4) is 0 Å². The van der Waals surface area contributed by atoms with Gasteiger partial charge in [-0.2, -0.15) is 5.10 Å².